The lowest BCUT2D eigenvalue weighted by Crippen LogP contribution is -2.48. The van der Waals surface area contributed by atoms with Gasteiger partial charge in [-0.3, -0.25) is 9.48 Å². The highest BCUT2D eigenvalue weighted by Gasteiger charge is 2.28. The molecule has 2 unspecified atom stereocenters. The Hall–Kier alpha value is -1.36. The molecule has 2 rings (SSSR count). The first-order chi connectivity index (χ1) is 9.26. The Morgan fingerprint density at radius 1 is 1.58 bits per heavy atom. The average molecular weight is 264 g/mol. The molecule has 106 valence electrons. The van der Waals surface area contributed by atoms with Crippen LogP contribution in [0.5, 0.6) is 0 Å². The third kappa shape index (κ3) is 3.35. The summed E-state index contributed by atoms with van der Waals surface area (Å²) in [4.78, 5) is 11.9. The Balaban J connectivity index is 2.04. The summed E-state index contributed by atoms with van der Waals surface area (Å²) >= 11 is 0. The number of hydrogen-bond donors (Lipinski definition) is 2. The van der Waals surface area contributed by atoms with Crippen LogP contribution in [0.2, 0.25) is 0 Å². The summed E-state index contributed by atoms with van der Waals surface area (Å²) in [6.07, 6.45) is 4.89. The van der Waals surface area contributed by atoms with E-state index in [1.165, 1.54) is 5.69 Å². The predicted octanol–water partition coefficient (Wildman–Crippen LogP) is 1.26. The van der Waals surface area contributed by atoms with Crippen LogP contribution in [-0.2, 0) is 11.3 Å². The maximum Gasteiger partial charge on any atom is 0.237 e. The number of likely N-dealkylation sites (N-methyl/N-ethyl adjacent to an activating group) is 1. The van der Waals surface area contributed by atoms with Crippen molar-refractivity contribution in [2.45, 2.75) is 51.6 Å². The minimum Gasteiger partial charge on any atom is -0.355 e. The Morgan fingerprint density at radius 2 is 2.42 bits per heavy atom. The van der Waals surface area contributed by atoms with E-state index >= 15 is 0 Å². The Bertz CT molecular complexity index is 415. The van der Waals surface area contributed by atoms with Crippen molar-refractivity contribution in [2.75, 3.05) is 13.1 Å². The maximum atomic E-state index is 11.9. The second-order valence-electron chi connectivity index (χ2n) is 5.10. The molecule has 0 aliphatic carbocycles. The number of rotatable bonds is 5. The van der Waals surface area contributed by atoms with Gasteiger partial charge in [0.05, 0.1) is 6.04 Å². The predicted molar refractivity (Wildman–Crippen MR) is 75.0 cm³/mol. The number of aryl methyl sites for hydroxylation is 1. The molecule has 0 bridgehead atoms. The summed E-state index contributed by atoms with van der Waals surface area (Å²) in [7, 11) is 0. The van der Waals surface area contributed by atoms with E-state index in [0.717, 1.165) is 32.4 Å². The monoisotopic (exact) mass is 264 g/mol. The molecule has 0 aromatic carbocycles. The molecule has 0 spiro atoms. The van der Waals surface area contributed by atoms with Crippen molar-refractivity contribution in [3.63, 3.8) is 0 Å². The average Bonchev–Trinajstić information content (AvgIpc) is 2.88. The van der Waals surface area contributed by atoms with E-state index < -0.39 is 0 Å². The molecule has 0 radical (unpaired) electrons. The van der Waals surface area contributed by atoms with Crippen LogP contribution in [0.3, 0.4) is 0 Å². The largest absolute Gasteiger partial charge is 0.355 e. The molecule has 1 amide bonds. The highest BCUT2D eigenvalue weighted by atomic mass is 16.2. The van der Waals surface area contributed by atoms with E-state index in [1.807, 2.05) is 13.1 Å². The number of piperidine rings is 1. The smallest absolute Gasteiger partial charge is 0.237 e. The van der Waals surface area contributed by atoms with Crippen molar-refractivity contribution in [1.29, 1.82) is 0 Å². The number of carbonyl (C=O) groups is 1. The standard InChI is InChI=1S/C14H24N4O/c1-3-9-18-13(6-8-17-18)11-5-7-16-12(10-11)14(19)15-4-2/h6,8,11-12,16H,3-5,7,9-10H2,1-2H3,(H,15,19). The molecule has 2 N–H and O–H groups in total. The van der Waals surface area contributed by atoms with Gasteiger partial charge in [0.1, 0.15) is 0 Å². The van der Waals surface area contributed by atoms with E-state index in [0.29, 0.717) is 12.5 Å². The van der Waals surface area contributed by atoms with Crippen LogP contribution in [-0.4, -0.2) is 34.8 Å². The van der Waals surface area contributed by atoms with E-state index in [4.69, 9.17) is 0 Å². The summed E-state index contributed by atoms with van der Waals surface area (Å²) in [5.41, 5.74) is 1.28. The van der Waals surface area contributed by atoms with Gasteiger partial charge in [0.2, 0.25) is 5.91 Å². The lowest BCUT2D eigenvalue weighted by Gasteiger charge is -2.29. The first kappa shape index (κ1) is 14.1. The minimum absolute atomic E-state index is 0.0660. The van der Waals surface area contributed by atoms with Crippen molar-refractivity contribution in [1.82, 2.24) is 20.4 Å². The topological polar surface area (TPSA) is 59.0 Å². The van der Waals surface area contributed by atoms with Gasteiger partial charge in [-0.15, -0.1) is 0 Å². The van der Waals surface area contributed by atoms with Crippen LogP contribution >= 0.6 is 0 Å². The zero-order valence-corrected chi connectivity index (χ0v) is 11.9. The quantitative estimate of drug-likeness (QED) is 0.842. The second-order valence-corrected chi connectivity index (χ2v) is 5.10. The molecule has 1 aromatic rings. The molecule has 19 heavy (non-hydrogen) atoms. The molecule has 1 aliphatic rings. The summed E-state index contributed by atoms with van der Waals surface area (Å²) in [5.74, 6) is 0.552. The molecule has 5 nitrogen and oxygen atoms in total. The van der Waals surface area contributed by atoms with Gasteiger partial charge < -0.3 is 10.6 Å². The molecule has 1 aliphatic heterocycles. The lowest BCUT2D eigenvalue weighted by molar-refractivity contribution is -0.123. The Kier molecular flexibility index (Phi) is 4.96. The van der Waals surface area contributed by atoms with Gasteiger partial charge in [-0.1, -0.05) is 6.92 Å². The van der Waals surface area contributed by atoms with Crippen LogP contribution in [0.25, 0.3) is 0 Å². The first-order valence-electron chi connectivity index (χ1n) is 7.29. The summed E-state index contributed by atoms with van der Waals surface area (Å²) in [6.45, 7) is 6.65. The third-order valence-corrected chi connectivity index (χ3v) is 3.67. The highest BCUT2D eigenvalue weighted by molar-refractivity contribution is 5.81. The number of amides is 1. The molecule has 5 heteroatoms. The minimum atomic E-state index is -0.0660. The summed E-state index contributed by atoms with van der Waals surface area (Å²) in [6, 6.07) is 2.03. The van der Waals surface area contributed by atoms with E-state index in [9.17, 15) is 4.79 Å². The number of carbonyl (C=O) groups excluding carboxylic acids is 1. The molecule has 2 atom stereocenters. The first-order valence-corrected chi connectivity index (χ1v) is 7.29. The van der Waals surface area contributed by atoms with Crippen molar-refractivity contribution >= 4 is 5.91 Å². The fourth-order valence-electron chi connectivity index (χ4n) is 2.77. The highest BCUT2D eigenvalue weighted by Crippen LogP contribution is 2.27. The fourth-order valence-corrected chi connectivity index (χ4v) is 2.77. The van der Waals surface area contributed by atoms with Gasteiger partial charge in [0, 0.05) is 30.9 Å². The molecule has 1 saturated heterocycles. The van der Waals surface area contributed by atoms with Gasteiger partial charge in [0.25, 0.3) is 0 Å². The SMILES string of the molecule is CCCn1nccc1C1CCNC(C(=O)NCC)C1. The number of nitrogens with one attached hydrogen (secondary N) is 2. The van der Waals surface area contributed by atoms with Crippen LogP contribution in [0.4, 0.5) is 0 Å². The number of hydrogen-bond acceptors (Lipinski definition) is 3. The zero-order chi connectivity index (χ0) is 13.7. The normalized spacial score (nSPS) is 23.3. The van der Waals surface area contributed by atoms with Crippen LogP contribution < -0.4 is 10.6 Å². The maximum absolute atomic E-state index is 11.9. The van der Waals surface area contributed by atoms with Gasteiger partial charge >= 0.3 is 0 Å². The fraction of sp³-hybridized carbons (Fsp3) is 0.714. The van der Waals surface area contributed by atoms with Crippen molar-refractivity contribution in [3.8, 4) is 0 Å². The van der Waals surface area contributed by atoms with Crippen molar-refractivity contribution in [3.05, 3.63) is 18.0 Å². The third-order valence-electron chi connectivity index (χ3n) is 3.67. The molecule has 1 fully saturated rings. The van der Waals surface area contributed by atoms with E-state index in [2.05, 4.69) is 33.4 Å². The van der Waals surface area contributed by atoms with Crippen LogP contribution in [0.1, 0.15) is 44.7 Å². The van der Waals surface area contributed by atoms with Gasteiger partial charge in [-0.2, -0.15) is 5.10 Å². The second kappa shape index (κ2) is 6.70. The van der Waals surface area contributed by atoms with Gasteiger partial charge in [0.15, 0.2) is 0 Å². The molecule has 1 aromatic heterocycles. The van der Waals surface area contributed by atoms with E-state index in [-0.39, 0.29) is 11.9 Å². The summed E-state index contributed by atoms with van der Waals surface area (Å²) < 4.78 is 2.09. The van der Waals surface area contributed by atoms with Gasteiger partial charge in [-0.05, 0) is 38.8 Å². The molecular formula is C14H24N4O. The van der Waals surface area contributed by atoms with Crippen LogP contribution in [0, 0.1) is 0 Å². The molecule has 2 heterocycles. The Labute approximate surface area is 114 Å². The van der Waals surface area contributed by atoms with E-state index in [1.54, 1.807) is 0 Å². The Morgan fingerprint density at radius 3 is 3.16 bits per heavy atom. The number of aromatic nitrogens is 2. The molecular weight excluding hydrogens is 240 g/mol. The lowest BCUT2D eigenvalue weighted by atomic mass is 9.89. The van der Waals surface area contributed by atoms with Crippen molar-refractivity contribution < 1.29 is 4.79 Å². The van der Waals surface area contributed by atoms with Crippen LogP contribution in [0.15, 0.2) is 12.3 Å². The zero-order valence-electron chi connectivity index (χ0n) is 11.9. The van der Waals surface area contributed by atoms with Crippen molar-refractivity contribution in [2.24, 2.45) is 0 Å². The molecule has 0 saturated carbocycles. The summed E-state index contributed by atoms with van der Waals surface area (Å²) in [5, 5.41) is 10.6. The van der Waals surface area contributed by atoms with Gasteiger partial charge in [-0.25, -0.2) is 0 Å². The number of nitrogens with zero attached hydrogens (tertiary/aromatic N) is 2.